The second-order valence-electron chi connectivity index (χ2n) is 8.89. The van der Waals surface area contributed by atoms with Crippen LogP contribution in [0.3, 0.4) is 0 Å². The van der Waals surface area contributed by atoms with E-state index in [4.69, 9.17) is 0 Å². The Hall–Kier alpha value is -3.27. The van der Waals surface area contributed by atoms with Gasteiger partial charge in [0.15, 0.2) is 0 Å². The van der Waals surface area contributed by atoms with Gasteiger partial charge in [-0.15, -0.1) is 0 Å². The molecule has 0 spiro atoms. The minimum absolute atomic E-state index is 0.000291. The van der Waals surface area contributed by atoms with Crippen molar-refractivity contribution in [3.05, 3.63) is 70.8 Å². The second kappa shape index (κ2) is 15.0. The highest BCUT2D eigenvalue weighted by Crippen LogP contribution is 2.29. The third-order valence-corrected chi connectivity index (χ3v) is 5.81. The molecule has 2 rings (SSSR count). The fourth-order valence-corrected chi connectivity index (χ4v) is 3.83. The van der Waals surface area contributed by atoms with Crippen molar-refractivity contribution in [1.29, 1.82) is 0 Å². The number of carbonyl (C=O) groups is 2. The standard InChI is InChI=1S/C29H34F3NO3/c1-2-3-4-5-6-7-8-9-10-11-13-23-14-12-15-25(20-23)22-33(27(34)28(35)36)21-24-16-18-26(19-17-24)29(30,31)32/h12,14-20H,2-10,21-22H2,1H3,(H,35,36). The predicted octanol–water partition coefficient (Wildman–Crippen LogP) is 7.20. The van der Waals surface area contributed by atoms with Crippen molar-refractivity contribution in [2.24, 2.45) is 0 Å². The highest BCUT2D eigenvalue weighted by molar-refractivity contribution is 6.31. The van der Waals surface area contributed by atoms with Gasteiger partial charge in [0.2, 0.25) is 0 Å². The molecule has 0 aliphatic rings. The average Bonchev–Trinajstić information content (AvgIpc) is 2.84. The van der Waals surface area contributed by atoms with E-state index in [1.54, 1.807) is 18.2 Å². The molecule has 36 heavy (non-hydrogen) atoms. The van der Waals surface area contributed by atoms with Crippen molar-refractivity contribution < 1.29 is 27.9 Å². The van der Waals surface area contributed by atoms with Crippen LogP contribution in [0.15, 0.2) is 48.5 Å². The van der Waals surface area contributed by atoms with Gasteiger partial charge >= 0.3 is 18.1 Å². The summed E-state index contributed by atoms with van der Waals surface area (Å²) >= 11 is 0. The van der Waals surface area contributed by atoms with E-state index in [-0.39, 0.29) is 13.1 Å². The lowest BCUT2D eigenvalue weighted by molar-refractivity contribution is -0.156. The summed E-state index contributed by atoms with van der Waals surface area (Å²) in [7, 11) is 0. The third kappa shape index (κ3) is 10.6. The summed E-state index contributed by atoms with van der Waals surface area (Å²) in [6.07, 6.45) is 6.22. The maximum Gasteiger partial charge on any atom is 0.416 e. The van der Waals surface area contributed by atoms with E-state index in [9.17, 15) is 27.9 Å². The molecule has 0 heterocycles. The van der Waals surface area contributed by atoms with Crippen molar-refractivity contribution in [2.45, 2.75) is 84.0 Å². The van der Waals surface area contributed by atoms with Crippen molar-refractivity contribution in [3.63, 3.8) is 0 Å². The lowest BCUT2D eigenvalue weighted by Crippen LogP contribution is -2.35. The number of alkyl halides is 3. The molecule has 1 amide bonds. The molecule has 0 radical (unpaired) electrons. The van der Waals surface area contributed by atoms with Crippen LogP contribution in [0.2, 0.25) is 0 Å². The molecule has 0 fully saturated rings. The fraction of sp³-hybridized carbons (Fsp3) is 0.448. The molecule has 0 aliphatic heterocycles. The van der Waals surface area contributed by atoms with Gasteiger partial charge in [0.1, 0.15) is 0 Å². The molecule has 194 valence electrons. The van der Waals surface area contributed by atoms with Crippen LogP contribution in [-0.2, 0) is 28.9 Å². The quantitative estimate of drug-likeness (QED) is 0.190. The fourth-order valence-electron chi connectivity index (χ4n) is 3.83. The van der Waals surface area contributed by atoms with E-state index < -0.39 is 23.6 Å². The van der Waals surface area contributed by atoms with Crippen LogP contribution < -0.4 is 0 Å². The Morgan fingerprint density at radius 1 is 0.861 bits per heavy atom. The number of halogens is 3. The number of nitrogens with zero attached hydrogens (tertiary/aromatic N) is 1. The van der Waals surface area contributed by atoms with Crippen LogP contribution in [0.1, 0.15) is 87.0 Å². The second-order valence-corrected chi connectivity index (χ2v) is 8.89. The molecule has 0 saturated heterocycles. The molecule has 1 N–H and O–H groups in total. The van der Waals surface area contributed by atoms with Gasteiger partial charge in [0.25, 0.3) is 0 Å². The zero-order chi connectivity index (χ0) is 26.4. The molecule has 0 atom stereocenters. The summed E-state index contributed by atoms with van der Waals surface area (Å²) in [6, 6.07) is 11.5. The van der Waals surface area contributed by atoms with Crippen LogP contribution in [0.5, 0.6) is 0 Å². The molecular formula is C29H34F3NO3. The number of hydrogen-bond donors (Lipinski definition) is 1. The summed E-state index contributed by atoms with van der Waals surface area (Å²) in [5, 5.41) is 9.21. The van der Waals surface area contributed by atoms with Gasteiger partial charge in [-0.25, -0.2) is 4.79 Å². The SMILES string of the molecule is CCCCCCCCCCC#Cc1cccc(CN(Cc2ccc(C(F)(F)F)cc2)C(=O)C(=O)O)c1. The summed E-state index contributed by atoms with van der Waals surface area (Å²) in [4.78, 5) is 24.7. The van der Waals surface area contributed by atoms with Crippen molar-refractivity contribution in [2.75, 3.05) is 0 Å². The van der Waals surface area contributed by atoms with Crippen LogP contribution in [0, 0.1) is 11.8 Å². The first-order valence-electron chi connectivity index (χ1n) is 12.5. The Kier molecular flexibility index (Phi) is 12.0. The number of amides is 1. The number of carbonyl (C=O) groups excluding carboxylic acids is 1. The Bertz CT molecular complexity index is 1040. The van der Waals surface area contributed by atoms with E-state index in [1.165, 1.54) is 50.7 Å². The summed E-state index contributed by atoms with van der Waals surface area (Å²) in [6.45, 7) is 2.08. The third-order valence-electron chi connectivity index (χ3n) is 5.81. The maximum atomic E-state index is 12.8. The van der Waals surface area contributed by atoms with Crippen LogP contribution >= 0.6 is 0 Å². The van der Waals surface area contributed by atoms with Crippen molar-refractivity contribution in [3.8, 4) is 11.8 Å². The van der Waals surface area contributed by atoms with Crippen molar-refractivity contribution >= 4 is 11.9 Å². The predicted molar refractivity (Wildman–Crippen MR) is 134 cm³/mol. The molecule has 0 aromatic heterocycles. The van der Waals surface area contributed by atoms with Gasteiger partial charge in [-0.3, -0.25) is 4.79 Å². The highest BCUT2D eigenvalue weighted by atomic mass is 19.4. The minimum Gasteiger partial charge on any atom is -0.474 e. The first-order valence-corrected chi connectivity index (χ1v) is 12.5. The molecule has 7 heteroatoms. The monoisotopic (exact) mass is 501 g/mol. The Balaban J connectivity index is 1.95. The molecule has 2 aromatic rings. The summed E-state index contributed by atoms with van der Waals surface area (Å²) in [5.41, 5.74) is 1.05. The maximum absolute atomic E-state index is 12.8. The molecule has 0 aliphatic carbocycles. The molecule has 0 bridgehead atoms. The Labute approximate surface area is 211 Å². The highest BCUT2D eigenvalue weighted by Gasteiger charge is 2.30. The van der Waals surface area contributed by atoms with Crippen LogP contribution in [-0.4, -0.2) is 21.9 Å². The zero-order valence-electron chi connectivity index (χ0n) is 20.7. The lowest BCUT2D eigenvalue weighted by Gasteiger charge is -2.21. The van der Waals surface area contributed by atoms with E-state index in [0.717, 1.165) is 41.9 Å². The van der Waals surface area contributed by atoms with Gasteiger partial charge in [0.05, 0.1) is 5.56 Å². The lowest BCUT2D eigenvalue weighted by atomic mass is 10.1. The minimum atomic E-state index is -4.47. The van der Waals surface area contributed by atoms with Gasteiger partial charge < -0.3 is 10.0 Å². The van der Waals surface area contributed by atoms with Gasteiger partial charge in [0, 0.05) is 25.1 Å². The summed E-state index contributed by atoms with van der Waals surface area (Å²) < 4.78 is 38.4. The first kappa shape index (κ1) is 29.0. The Morgan fingerprint density at radius 3 is 2.08 bits per heavy atom. The number of aliphatic carboxylic acids is 1. The van der Waals surface area contributed by atoms with Gasteiger partial charge in [-0.1, -0.05) is 88.0 Å². The molecule has 0 unspecified atom stereocenters. The van der Waals surface area contributed by atoms with Crippen molar-refractivity contribution in [1.82, 2.24) is 4.90 Å². The van der Waals surface area contributed by atoms with Crippen LogP contribution in [0.4, 0.5) is 13.2 Å². The number of benzene rings is 2. The Morgan fingerprint density at radius 2 is 1.47 bits per heavy atom. The van der Waals surface area contributed by atoms with Crippen LogP contribution in [0.25, 0.3) is 0 Å². The van der Waals surface area contributed by atoms with E-state index in [0.29, 0.717) is 11.1 Å². The number of rotatable bonds is 12. The van der Waals surface area contributed by atoms with E-state index >= 15 is 0 Å². The number of hydrogen-bond acceptors (Lipinski definition) is 2. The molecule has 2 aromatic carbocycles. The number of carboxylic acids is 1. The smallest absolute Gasteiger partial charge is 0.416 e. The van der Waals surface area contributed by atoms with Gasteiger partial charge in [-0.2, -0.15) is 13.2 Å². The molecule has 4 nitrogen and oxygen atoms in total. The van der Waals surface area contributed by atoms with E-state index in [1.807, 2.05) is 6.07 Å². The zero-order valence-corrected chi connectivity index (χ0v) is 20.7. The first-order chi connectivity index (χ1) is 17.2. The van der Waals surface area contributed by atoms with E-state index in [2.05, 4.69) is 18.8 Å². The largest absolute Gasteiger partial charge is 0.474 e. The molecular weight excluding hydrogens is 467 g/mol. The summed E-state index contributed by atoms with van der Waals surface area (Å²) in [5.74, 6) is 3.55. The normalized spacial score (nSPS) is 11.0. The molecule has 0 saturated carbocycles. The average molecular weight is 502 g/mol. The topological polar surface area (TPSA) is 57.6 Å². The number of unbranched alkanes of at least 4 members (excludes halogenated alkanes) is 8. The number of carboxylic acid groups (broad SMARTS) is 1. The van der Waals surface area contributed by atoms with Gasteiger partial charge in [-0.05, 0) is 41.8 Å².